The zero-order valence-corrected chi connectivity index (χ0v) is 31.6. The Morgan fingerprint density at radius 2 is 0.655 bits per heavy atom. The van der Waals surface area contributed by atoms with E-state index in [0.717, 1.165) is 67.3 Å². The molecular formula is C48H36N10. The number of nitriles is 3. The maximum Gasteiger partial charge on any atom is 0.124 e. The molecule has 58 heavy (non-hydrogen) atoms. The van der Waals surface area contributed by atoms with E-state index in [9.17, 15) is 15.8 Å². The van der Waals surface area contributed by atoms with E-state index in [1.807, 2.05) is 127 Å². The first-order chi connectivity index (χ1) is 28.5. The smallest absolute Gasteiger partial charge is 0.124 e. The molecular weight excluding hydrogens is 717 g/mol. The van der Waals surface area contributed by atoms with Crippen molar-refractivity contribution < 1.29 is 0 Å². The topological polar surface area (TPSA) is 128 Å². The maximum absolute atomic E-state index is 9.44. The van der Waals surface area contributed by atoms with Gasteiger partial charge in [-0.05, 0) is 89.5 Å². The van der Waals surface area contributed by atoms with Gasteiger partial charge in [0.15, 0.2) is 0 Å². The highest BCUT2D eigenvalue weighted by molar-refractivity contribution is 5.77. The Labute approximate surface area is 335 Å². The van der Waals surface area contributed by atoms with Gasteiger partial charge in [-0.2, -0.15) is 15.8 Å². The predicted octanol–water partition coefficient (Wildman–Crippen LogP) is 8.70. The summed E-state index contributed by atoms with van der Waals surface area (Å²) in [5.74, 6) is 2.69. The van der Waals surface area contributed by atoms with Crippen molar-refractivity contribution in [2.24, 2.45) is 0 Å². The first kappa shape index (κ1) is 35.8. The zero-order valence-electron chi connectivity index (χ0n) is 31.6. The molecule has 9 aromatic rings. The van der Waals surface area contributed by atoms with Gasteiger partial charge in [-0.1, -0.05) is 72.8 Å². The van der Waals surface area contributed by atoms with Gasteiger partial charge in [-0.15, -0.1) is 0 Å². The fourth-order valence-corrected chi connectivity index (χ4v) is 7.64. The number of para-hydroxylation sites is 6. The van der Waals surface area contributed by atoms with Crippen LogP contribution in [-0.2, 0) is 39.3 Å². The molecule has 9 rings (SSSR count). The number of benzene rings is 6. The molecule has 10 heteroatoms. The fourth-order valence-electron chi connectivity index (χ4n) is 7.64. The fraction of sp³-hybridized carbons (Fsp3) is 0.125. The molecule has 0 fully saturated rings. The lowest BCUT2D eigenvalue weighted by atomic mass is 10.1. The molecule has 0 aliphatic rings. The van der Waals surface area contributed by atoms with Crippen molar-refractivity contribution in [1.82, 2.24) is 33.6 Å². The number of nitrogens with zero attached hydrogens (tertiary/aromatic N) is 10. The normalized spacial score (nSPS) is 11.3. The third kappa shape index (κ3) is 7.30. The predicted molar refractivity (Wildman–Crippen MR) is 223 cm³/mol. The lowest BCUT2D eigenvalue weighted by Gasteiger charge is -2.23. The summed E-state index contributed by atoms with van der Waals surface area (Å²) in [5.41, 5.74) is 10.9. The van der Waals surface area contributed by atoms with Crippen LogP contribution in [0.1, 0.15) is 50.9 Å². The van der Waals surface area contributed by atoms with E-state index in [0.29, 0.717) is 56.0 Å². The maximum atomic E-state index is 9.44. The van der Waals surface area contributed by atoms with Crippen molar-refractivity contribution in [3.63, 3.8) is 0 Å². The molecule has 3 aromatic heterocycles. The van der Waals surface area contributed by atoms with Crippen LogP contribution in [0.2, 0.25) is 0 Å². The average molecular weight is 753 g/mol. The number of aromatic nitrogens is 6. The summed E-state index contributed by atoms with van der Waals surface area (Å²) in [7, 11) is 0. The van der Waals surface area contributed by atoms with Crippen LogP contribution < -0.4 is 0 Å². The minimum absolute atomic E-state index is 0.491. The van der Waals surface area contributed by atoms with Gasteiger partial charge in [-0.3, -0.25) is 4.90 Å². The second-order valence-corrected chi connectivity index (χ2v) is 14.4. The van der Waals surface area contributed by atoms with Crippen LogP contribution in [0.4, 0.5) is 0 Å². The van der Waals surface area contributed by atoms with E-state index >= 15 is 0 Å². The van der Waals surface area contributed by atoms with Crippen molar-refractivity contribution in [3.05, 3.63) is 196 Å². The summed E-state index contributed by atoms with van der Waals surface area (Å²) in [6, 6.07) is 54.5. The van der Waals surface area contributed by atoms with Gasteiger partial charge in [0.25, 0.3) is 0 Å². The quantitative estimate of drug-likeness (QED) is 0.122. The average Bonchev–Trinajstić information content (AvgIpc) is 3.91. The third-order valence-electron chi connectivity index (χ3n) is 10.6. The number of fused-ring (bicyclic) bond motifs is 3. The molecule has 0 saturated heterocycles. The molecule has 0 spiro atoms. The standard InChI is InChI=1S/C48H36N10/c49-25-34-13-19-37(20-14-34)28-56-43-10-4-1-7-40(43)52-46(56)31-55(32-47-53-41-8-2-5-11-44(41)57(47)29-38-21-15-35(26-50)16-22-38)33-48-54-42-9-3-6-12-45(42)58(48)30-39-23-17-36(27-51)18-24-39/h1-24H,28-33H2. The molecule has 6 aromatic carbocycles. The molecule has 0 aliphatic heterocycles. The second kappa shape index (κ2) is 15.7. The number of imidazole rings is 3. The molecule has 0 unspecified atom stereocenters. The van der Waals surface area contributed by atoms with Crippen molar-refractivity contribution in [2.75, 3.05) is 0 Å². The second-order valence-electron chi connectivity index (χ2n) is 14.4. The van der Waals surface area contributed by atoms with Gasteiger partial charge < -0.3 is 13.7 Å². The summed E-state index contributed by atoms with van der Waals surface area (Å²) in [5, 5.41) is 28.3. The Morgan fingerprint density at radius 3 is 0.931 bits per heavy atom. The van der Waals surface area contributed by atoms with E-state index in [4.69, 9.17) is 15.0 Å². The minimum atomic E-state index is 0.491. The summed E-state index contributed by atoms with van der Waals surface area (Å²) < 4.78 is 6.80. The first-order valence-electron chi connectivity index (χ1n) is 19.1. The monoisotopic (exact) mass is 752 g/mol. The molecule has 0 saturated carbocycles. The number of hydrogen-bond donors (Lipinski definition) is 0. The van der Waals surface area contributed by atoms with E-state index in [2.05, 4.69) is 55.0 Å². The third-order valence-corrected chi connectivity index (χ3v) is 10.6. The van der Waals surface area contributed by atoms with E-state index in [1.165, 1.54) is 0 Å². The first-order valence-corrected chi connectivity index (χ1v) is 19.1. The van der Waals surface area contributed by atoms with Crippen LogP contribution in [0.25, 0.3) is 33.1 Å². The van der Waals surface area contributed by atoms with E-state index in [1.54, 1.807) is 0 Å². The molecule has 0 amide bonds. The van der Waals surface area contributed by atoms with Crippen molar-refractivity contribution in [1.29, 1.82) is 15.8 Å². The SMILES string of the molecule is N#Cc1ccc(Cn2c(CN(Cc3nc4ccccc4n3Cc3ccc(C#N)cc3)Cc3nc4ccccc4n3Cc3ccc(C#N)cc3)nc3ccccc32)cc1. The van der Waals surface area contributed by atoms with Gasteiger partial charge >= 0.3 is 0 Å². The Bertz CT molecular complexity index is 2710. The molecule has 0 N–H and O–H groups in total. The Kier molecular flexibility index (Phi) is 9.71. The van der Waals surface area contributed by atoms with Crippen LogP contribution in [0.3, 0.4) is 0 Å². The van der Waals surface area contributed by atoms with Gasteiger partial charge in [-0.25, -0.2) is 15.0 Å². The van der Waals surface area contributed by atoms with Crippen molar-refractivity contribution in [2.45, 2.75) is 39.3 Å². The summed E-state index contributed by atoms with van der Waals surface area (Å²) in [6.45, 7) is 3.23. The lowest BCUT2D eigenvalue weighted by Crippen LogP contribution is -2.28. The van der Waals surface area contributed by atoms with E-state index < -0.39 is 0 Å². The van der Waals surface area contributed by atoms with Crippen LogP contribution in [0.15, 0.2) is 146 Å². The molecule has 10 nitrogen and oxygen atoms in total. The molecule has 0 atom stereocenters. The zero-order chi connectivity index (χ0) is 39.4. The Balaban J connectivity index is 1.15. The van der Waals surface area contributed by atoms with Gasteiger partial charge in [0.05, 0.1) is 87.6 Å². The summed E-state index contributed by atoms with van der Waals surface area (Å²) in [6.07, 6.45) is 0. The van der Waals surface area contributed by atoms with Crippen LogP contribution >= 0.6 is 0 Å². The summed E-state index contributed by atoms with van der Waals surface area (Å²) in [4.78, 5) is 18.0. The largest absolute Gasteiger partial charge is 0.322 e. The molecule has 278 valence electrons. The summed E-state index contributed by atoms with van der Waals surface area (Å²) >= 11 is 0. The number of rotatable bonds is 12. The molecule has 3 heterocycles. The minimum Gasteiger partial charge on any atom is -0.322 e. The van der Waals surface area contributed by atoms with Gasteiger partial charge in [0.1, 0.15) is 17.5 Å². The van der Waals surface area contributed by atoms with E-state index in [-0.39, 0.29) is 0 Å². The Hall–Kier alpha value is -7.84. The van der Waals surface area contributed by atoms with Crippen LogP contribution in [0, 0.1) is 34.0 Å². The lowest BCUT2D eigenvalue weighted by molar-refractivity contribution is 0.222. The molecule has 0 radical (unpaired) electrons. The molecule has 0 bridgehead atoms. The van der Waals surface area contributed by atoms with Crippen LogP contribution in [0.5, 0.6) is 0 Å². The van der Waals surface area contributed by atoms with Crippen LogP contribution in [-0.4, -0.2) is 33.6 Å². The van der Waals surface area contributed by atoms with Gasteiger partial charge in [0.2, 0.25) is 0 Å². The van der Waals surface area contributed by atoms with Crippen molar-refractivity contribution >= 4 is 33.1 Å². The highest BCUT2D eigenvalue weighted by Crippen LogP contribution is 2.26. The number of hydrogen-bond acceptors (Lipinski definition) is 7. The Morgan fingerprint density at radius 1 is 0.379 bits per heavy atom. The molecule has 0 aliphatic carbocycles. The highest BCUT2D eigenvalue weighted by Gasteiger charge is 2.22. The van der Waals surface area contributed by atoms with Crippen molar-refractivity contribution in [3.8, 4) is 18.2 Å². The van der Waals surface area contributed by atoms with Gasteiger partial charge in [0, 0.05) is 19.6 Å². The highest BCUT2D eigenvalue weighted by atomic mass is 15.2.